The number of aryl methyl sites for hydroxylation is 1. The predicted molar refractivity (Wildman–Crippen MR) is 73.3 cm³/mol. The van der Waals surface area contributed by atoms with Crippen LogP contribution in [0.1, 0.15) is 36.0 Å². The molecule has 0 radical (unpaired) electrons. The molecule has 0 aliphatic heterocycles. The first-order valence-electron chi connectivity index (χ1n) is 6.82. The second-order valence-electron chi connectivity index (χ2n) is 5.09. The zero-order valence-electron chi connectivity index (χ0n) is 11.7. The van der Waals surface area contributed by atoms with E-state index in [2.05, 4.69) is 20.7 Å². The summed E-state index contributed by atoms with van der Waals surface area (Å²) in [6, 6.07) is 3.89. The summed E-state index contributed by atoms with van der Waals surface area (Å²) >= 11 is 0. The van der Waals surface area contributed by atoms with E-state index in [0.717, 1.165) is 25.0 Å². The van der Waals surface area contributed by atoms with Gasteiger partial charge in [0.05, 0.1) is 13.6 Å². The van der Waals surface area contributed by atoms with Crippen LogP contribution in [0.4, 0.5) is 0 Å². The monoisotopic (exact) mass is 274 g/mol. The molecule has 2 aromatic heterocycles. The van der Waals surface area contributed by atoms with Crippen LogP contribution < -0.4 is 10.9 Å². The standard InChI is InChI=1S/C13H18N6O/c1-14-10-4-3-5-11-9(10)6-7-13(20)19(11)8-12-15-17-18(2)16-12/h6-7,10,14H,3-5,8H2,1-2H3. The number of nitrogens with zero attached hydrogens (tertiary/aromatic N) is 5. The minimum absolute atomic E-state index is 0.00652. The maximum Gasteiger partial charge on any atom is 0.251 e. The number of tetrazole rings is 1. The molecular formula is C13H18N6O. The van der Waals surface area contributed by atoms with Gasteiger partial charge in [-0.2, -0.15) is 4.80 Å². The number of pyridine rings is 1. The molecule has 2 heterocycles. The van der Waals surface area contributed by atoms with Crippen LogP contribution in [0.2, 0.25) is 0 Å². The van der Waals surface area contributed by atoms with Crippen molar-refractivity contribution in [2.24, 2.45) is 7.05 Å². The Morgan fingerprint density at radius 2 is 2.30 bits per heavy atom. The molecule has 0 amide bonds. The first-order valence-corrected chi connectivity index (χ1v) is 6.82. The van der Waals surface area contributed by atoms with Crippen LogP contribution in [-0.2, 0) is 20.0 Å². The van der Waals surface area contributed by atoms with Gasteiger partial charge in [0.2, 0.25) is 0 Å². The van der Waals surface area contributed by atoms with Gasteiger partial charge in [-0.25, -0.2) is 0 Å². The molecule has 1 N–H and O–H groups in total. The van der Waals surface area contributed by atoms with Gasteiger partial charge in [0, 0.05) is 17.8 Å². The van der Waals surface area contributed by atoms with Crippen LogP contribution in [0, 0.1) is 0 Å². The molecule has 0 saturated heterocycles. The quantitative estimate of drug-likeness (QED) is 0.853. The third-order valence-corrected chi connectivity index (χ3v) is 3.81. The Balaban J connectivity index is 2.04. The van der Waals surface area contributed by atoms with Crippen molar-refractivity contribution in [2.45, 2.75) is 31.8 Å². The Bertz CT molecular complexity index is 674. The largest absolute Gasteiger partial charge is 0.313 e. The Hall–Kier alpha value is -2.02. The van der Waals surface area contributed by atoms with E-state index in [0.29, 0.717) is 18.4 Å². The van der Waals surface area contributed by atoms with Crippen molar-refractivity contribution in [1.29, 1.82) is 0 Å². The molecular weight excluding hydrogens is 256 g/mol. The van der Waals surface area contributed by atoms with E-state index in [1.54, 1.807) is 17.7 Å². The fourth-order valence-electron chi connectivity index (χ4n) is 2.86. The fourth-order valence-corrected chi connectivity index (χ4v) is 2.86. The Kier molecular flexibility index (Phi) is 3.35. The predicted octanol–water partition coefficient (Wildman–Crippen LogP) is 0.0169. The van der Waals surface area contributed by atoms with Crippen LogP contribution >= 0.6 is 0 Å². The maximum absolute atomic E-state index is 12.2. The maximum atomic E-state index is 12.2. The van der Waals surface area contributed by atoms with Crippen LogP contribution in [0.15, 0.2) is 16.9 Å². The van der Waals surface area contributed by atoms with E-state index >= 15 is 0 Å². The molecule has 0 spiro atoms. The number of hydrogen-bond acceptors (Lipinski definition) is 5. The molecule has 1 aliphatic rings. The van der Waals surface area contributed by atoms with Gasteiger partial charge in [-0.15, -0.1) is 10.2 Å². The van der Waals surface area contributed by atoms with Crippen LogP contribution in [0.5, 0.6) is 0 Å². The molecule has 0 fully saturated rings. The summed E-state index contributed by atoms with van der Waals surface area (Å²) in [5.41, 5.74) is 2.30. The molecule has 2 aromatic rings. The molecule has 0 saturated carbocycles. The van der Waals surface area contributed by atoms with Gasteiger partial charge >= 0.3 is 0 Å². The van der Waals surface area contributed by atoms with Gasteiger partial charge in [-0.3, -0.25) is 4.79 Å². The highest BCUT2D eigenvalue weighted by atomic mass is 16.1. The first-order chi connectivity index (χ1) is 9.69. The molecule has 1 atom stereocenters. The normalized spacial score (nSPS) is 18.0. The summed E-state index contributed by atoms with van der Waals surface area (Å²) in [5, 5.41) is 15.2. The second-order valence-corrected chi connectivity index (χ2v) is 5.09. The third-order valence-electron chi connectivity index (χ3n) is 3.81. The molecule has 1 unspecified atom stereocenters. The molecule has 106 valence electrons. The van der Waals surface area contributed by atoms with Gasteiger partial charge in [-0.1, -0.05) is 6.07 Å². The molecule has 0 bridgehead atoms. The number of rotatable bonds is 3. The van der Waals surface area contributed by atoms with E-state index in [1.165, 1.54) is 10.4 Å². The first kappa shape index (κ1) is 13.0. The summed E-state index contributed by atoms with van der Waals surface area (Å²) < 4.78 is 1.77. The highest BCUT2D eigenvalue weighted by Crippen LogP contribution is 2.28. The molecule has 20 heavy (non-hydrogen) atoms. The highest BCUT2D eigenvalue weighted by Gasteiger charge is 2.22. The molecule has 7 nitrogen and oxygen atoms in total. The summed E-state index contributed by atoms with van der Waals surface area (Å²) in [5.74, 6) is 0.564. The average molecular weight is 274 g/mol. The third kappa shape index (κ3) is 2.24. The number of aromatic nitrogens is 5. The lowest BCUT2D eigenvalue weighted by molar-refractivity contribution is 0.471. The zero-order chi connectivity index (χ0) is 14.1. The van der Waals surface area contributed by atoms with Crippen LogP contribution in [-0.4, -0.2) is 31.8 Å². The number of fused-ring (bicyclic) bond motifs is 1. The SMILES string of the molecule is CNC1CCCc2c1ccc(=O)n2Cc1nnn(C)n1. The number of nitrogens with one attached hydrogen (secondary N) is 1. The summed E-state index contributed by atoms with van der Waals surface area (Å²) in [7, 11) is 3.68. The molecule has 3 rings (SSSR count). The average Bonchev–Trinajstić information content (AvgIpc) is 2.86. The second kappa shape index (κ2) is 5.16. The van der Waals surface area contributed by atoms with E-state index in [9.17, 15) is 4.79 Å². The lowest BCUT2D eigenvalue weighted by Crippen LogP contribution is -2.31. The molecule has 0 aromatic carbocycles. The number of hydrogen-bond donors (Lipinski definition) is 1. The van der Waals surface area contributed by atoms with Crippen LogP contribution in [0.25, 0.3) is 0 Å². The van der Waals surface area contributed by atoms with Crippen molar-refractivity contribution in [2.75, 3.05) is 7.05 Å². The van der Waals surface area contributed by atoms with E-state index in [4.69, 9.17) is 0 Å². The van der Waals surface area contributed by atoms with Gasteiger partial charge in [0.15, 0.2) is 5.82 Å². The van der Waals surface area contributed by atoms with Crippen molar-refractivity contribution in [1.82, 2.24) is 30.1 Å². The van der Waals surface area contributed by atoms with Gasteiger partial charge in [0.25, 0.3) is 5.56 Å². The van der Waals surface area contributed by atoms with E-state index in [-0.39, 0.29) is 5.56 Å². The highest BCUT2D eigenvalue weighted by molar-refractivity contribution is 5.27. The van der Waals surface area contributed by atoms with Gasteiger partial charge in [-0.05, 0) is 37.1 Å². The van der Waals surface area contributed by atoms with Gasteiger partial charge < -0.3 is 9.88 Å². The van der Waals surface area contributed by atoms with Crippen molar-refractivity contribution in [3.63, 3.8) is 0 Å². The van der Waals surface area contributed by atoms with E-state index in [1.807, 2.05) is 13.1 Å². The van der Waals surface area contributed by atoms with E-state index < -0.39 is 0 Å². The lowest BCUT2D eigenvalue weighted by Gasteiger charge is -2.27. The van der Waals surface area contributed by atoms with Gasteiger partial charge in [0.1, 0.15) is 0 Å². The minimum atomic E-state index is -0.00652. The molecule has 1 aliphatic carbocycles. The zero-order valence-corrected chi connectivity index (χ0v) is 11.7. The Labute approximate surface area is 116 Å². The minimum Gasteiger partial charge on any atom is -0.313 e. The summed E-state index contributed by atoms with van der Waals surface area (Å²) in [4.78, 5) is 13.6. The molecule has 7 heteroatoms. The van der Waals surface area contributed by atoms with Crippen molar-refractivity contribution in [3.05, 3.63) is 39.6 Å². The fraction of sp³-hybridized carbons (Fsp3) is 0.538. The smallest absolute Gasteiger partial charge is 0.251 e. The lowest BCUT2D eigenvalue weighted by atomic mass is 9.91. The van der Waals surface area contributed by atoms with Crippen molar-refractivity contribution in [3.8, 4) is 0 Å². The summed E-state index contributed by atoms with van der Waals surface area (Å²) in [6.07, 6.45) is 3.10. The van der Waals surface area contributed by atoms with Crippen molar-refractivity contribution >= 4 is 0 Å². The topological polar surface area (TPSA) is 77.6 Å². The van der Waals surface area contributed by atoms with Crippen LogP contribution in [0.3, 0.4) is 0 Å². The summed E-state index contributed by atoms with van der Waals surface area (Å²) in [6.45, 7) is 0.381. The Morgan fingerprint density at radius 1 is 1.45 bits per heavy atom. The Morgan fingerprint density at radius 3 is 3.00 bits per heavy atom. The van der Waals surface area contributed by atoms with Crippen molar-refractivity contribution < 1.29 is 0 Å².